The van der Waals surface area contributed by atoms with Gasteiger partial charge in [0.25, 0.3) is 0 Å². The van der Waals surface area contributed by atoms with Gasteiger partial charge in [-0.1, -0.05) is 25.5 Å². The summed E-state index contributed by atoms with van der Waals surface area (Å²) in [5.74, 6) is 2.95. The summed E-state index contributed by atoms with van der Waals surface area (Å²) in [6, 6.07) is 0. The first kappa shape index (κ1) is 10.7. The van der Waals surface area contributed by atoms with Crippen molar-refractivity contribution in [1.29, 1.82) is 0 Å². The van der Waals surface area contributed by atoms with Gasteiger partial charge in [0.1, 0.15) is 0 Å². The highest BCUT2D eigenvalue weighted by atomic mass is 16.1. The van der Waals surface area contributed by atoms with Gasteiger partial charge >= 0.3 is 0 Å². The fraction of sp³-hybridized carbons (Fsp3) is 0.769. The first-order valence-corrected chi connectivity index (χ1v) is 6.19. The second kappa shape index (κ2) is 4.38. The highest BCUT2D eigenvalue weighted by Gasteiger charge is 2.43. The molecule has 2 heteroatoms. The SMILES string of the molecule is CCCC1C2C=CC(C2)C1CCC(N)=O. The molecule has 4 atom stereocenters. The number of rotatable bonds is 5. The second-order valence-corrected chi connectivity index (χ2v) is 5.07. The highest BCUT2D eigenvalue weighted by Crippen LogP contribution is 2.51. The first-order chi connectivity index (χ1) is 7.22. The molecule has 1 saturated carbocycles. The molecule has 84 valence electrons. The maximum absolute atomic E-state index is 10.8. The van der Waals surface area contributed by atoms with Gasteiger partial charge in [0.15, 0.2) is 0 Å². The average Bonchev–Trinajstić information content (AvgIpc) is 2.76. The molecule has 1 fully saturated rings. The fourth-order valence-corrected chi connectivity index (χ4v) is 3.53. The zero-order valence-corrected chi connectivity index (χ0v) is 9.49. The minimum absolute atomic E-state index is 0.142. The van der Waals surface area contributed by atoms with Crippen LogP contribution in [0.4, 0.5) is 0 Å². The molecule has 0 aliphatic heterocycles. The Labute approximate surface area is 91.9 Å². The minimum Gasteiger partial charge on any atom is -0.370 e. The summed E-state index contributed by atoms with van der Waals surface area (Å²) in [5, 5.41) is 0. The number of carbonyl (C=O) groups excluding carboxylic acids is 1. The third-order valence-corrected chi connectivity index (χ3v) is 4.15. The van der Waals surface area contributed by atoms with E-state index < -0.39 is 0 Å². The number of hydrogen-bond donors (Lipinski definition) is 1. The van der Waals surface area contributed by atoms with E-state index in [0.29, 0.717) is 6.42 Å². The summed E-state index contributed by atoms with van der Waals surface area (Å²) < 4.78 is 0. The van der Waals surface area contributed by atoms with Crippen LogP contribution in [0.5, 0.6) is 0 Å². The van der Waals surface area contributed by atoms with E-state index in [1.54, 1.807) is 0 Å². The van der Waals surface area contributed by atoms with Gasteiger partial charge < -0.3 is 5.73 Å². The molecule has 0 aromatic carbocycles. The molecule has 2 N–H and O–H groups in total. The summed E-state index contributed by atoms with van der Waals surface area (Å²) in [4.78, 5) is 10.8. The fourth-order valence-electron chi connectivity index (χ4n) is 3.53. The van der Waals surface area contributed by atoms with Crippen molar-refractivity contribution in [3.8, 4) is 0 Å². The number of allylic oxidation sites excluding steroid dienone is 2. The van der Waals surface area contributed by atoms with E-state index in [1.807, 2.05) is 0 Å². The van der Waals surface area contributed by atoms with Crippen LogP contribution in [0.3, 0.4) is 0 Å². The zero-order valence-electron chi connectivity index (χ0n) is 9.49. The van der Waals surface area contributed by atoms with E-state index in [0.717, 1.165) is 30.1 Å². The molecule has 0 saturated heterocycles. The molecule has 4 unspecified atom stereocenters. The smallest absolute Gasteiger partial charge is 0.217 e. The largest absolute Gasteiger partial charge is 0.370 e. The lowest BCUT2D eigenvalue weighted by Gasteiger charge is -2.27. The van der Waals surface area contributed by atoms with E-state index in [2.05, 4.69) is 19.1 Å². The van der Waals surface area contributed by atoms with Gasteiger partial charge in [0.2, 0.25) is 5.91 Å². The Balaban J connectivity index is 1.96. The molecule has 0 spiro atoms. The number of primary amides is 1. The predicted octanol–water partition coefficient (Wildman–Crippen LogP) is 2.49. The van der Waals surface area contributed by atoms with Gasteiger partial charge in [0, 0.05) is 6.42 Å². The van der Waals surface area contributed by atoms with E-state index in [4.69, 9.17) is 5.73 Å². The Hall–Kier alpha value is -0.790. The van der Waals surface area contributed by atoms with Crippen molar-refractivity contribution in [3.05, 3.63) is 12.2 Å². The Morgan fingerprint density at radius 1 is 1.27 bits per heavy atom. The van der Waals surface area contributed by atoms with Crippen LogP contribution < -0.4 is 5.73 Å². The highest BCUT2D eigenvalue weighted by molar-refractivity contribution is 5.73. The van der Waals surface area contributed by atoms with Crippen LogP contribution in [-0.2, 0) is 4.79 Å². The lowest BCUT2D eigenvalue weighted by atomic mass is 9.78. The molecule has 0 radical (unpaired) electrons. The molecule has 0 aromatic heterocycles. The van der Waals surface area contributed by atoms with Crippen LogP contribution in [0.2, 0.25) is 0 Å². The van der Waals surface area contributed by atoms with Crippen molar-refractivity contribution in [2.75, 3.05) is 0 Å². The normalized spacial score (nSPS) is 37.4. The van der Waals surface area contributed by atoms with Gasteiger partial charge in [-0.2, -0.15) is 0 Å². The maximum Gasteiger partial charge on any atom is 0.217 e. The third kappa shape index (κ3) is 2.09. The molecule has 2 bridgehead atoms. The van der Waals surface area contributed by atoms with Crippen LogP contribution in [0.1, 0.15) is 39.0 Å². The lowest BCUT2D eigenvalue weighted by Crippen LogP contribution is -2.22. The van der Waals surface area contributed by atoms with E-state index >= 15 is 0 Å². The first-order valence-electron chi connectivity index (χ1n) is 6.19. The summed E-state index contributed by atoms with van der Waals surface area (Å²) in [6.07, 6.45) is 10.2. The van der Waals surface area contributed by atoms with Crippen LogP contribution in [0.15, 0.2) is 12.2 Å². The molecule has 2 nitrogen and oxygen atoms in total. The average molecular weight is 207 g/mol. The monoisotopic (exact) mass is 207 g/mol. The molecule has 1 amide bonds. The van der Waals surface area contributed by atoms with Gasteiger partial charge in [-0.15, -0.1) is 0 Å². The van der Waals surface area contributed by atoms with Crippen molar-refractivity contribution in [2.45, 2.75) is 39.0 Å². The summed E-state index contributed by atoms with van der Waals surface area (Å²) in [7, 11) is 0. The number of hydrogen-bond acceptors (Lipinski definition) is 1. The van der Waals surface area contributed by atoms with Crippen molar-refractivity contribution in [2.24, 2.45) is 29.4 Å². The molecular formula is C13H21NO. The van der Waals surface area contributed by atoms with E-state index in [9.17, 15) is 4.79 Å². The number of amides is 1. The Bertz CT molecular complexity index is 272. The standard InChI is InChI=1S/C13H21NO/c1-2-3-11-9-4-5-10(8-9)12(11)6-7-13(14)15/h4-5,9-12H,2-3,6-8H2,1H3,(H2,14,15). The molecule has 2 rings (SSSR count). The summed E-state index contributed by atoms with van der Waals surface area (Å²) >= 11 is 0. The minimum atomic E-state index is -0.142. The third-order valence-electron chi connectivity index (χ3n) is 4.15. The predicted molar refractivity (Wildman–Crippen MR) is 61.1 cm³/mol. The van der Waals surface area contributed by atoms with Crippen LogP contribution >= 0.6 is 0 Å². The van der Waals surface area contributed by atoms with Crippen molar-refractivity contribution in [1.82, 2.24) is 0 Å². The van der Waals surface area contributed by atoms with E-state index in [1.165, 1.54) is 19.3 Å². The molecule has 0 heterocycles. The van der Waals surface area contributed by atoms with Crippen molar-refractivity contribution in [3.63, 3.8) is 0 Å². The van der Waals surface area contributed by atoms with Gasteiger partial charge in [-0.05, 0) is 42.9 Å². The van der Waals surface area contributed by atoms with Crippen LogP contribution in [-0.4, -0.2) is 5.91 Å². The summed E-state index contributed by atoms with van der Waals surface area (Å²) in [5.41, 5.74) is 5.23. The second-order valence-electron chi connectivity index (χ2n) is 5.07. The molecule has 0 aromatic rings. The quantitative estimate of drug-likeness (QED) is 0.691. The molecular weight excluding hydrogens is 186 g/mol. The van der Waals surface area contributed by atoms with Gasteiger partial charge in [-0.3, -0.25) is 4.79 Å². The van der Waals surface area contributed by atoms with E-state index in [-0.39, 0.29) is 5.91 Å². The Kier molecular flexibility index (Phi) is 3.13. The molecule has 15 heavy (non-hydrogen) atoms. The van der Waals surface area contributed by atoms with Crippen molar-refractivity contribution >= 4 is 5.91 Å². The Morgan fingerprint density at radius 3 is 2.40 bits per heavy atom. The number of nitrogens with two attached hydrogens (primary N) is 1. The van der Waals surface area contributed by atoms with Crippen molar-refractivity contribution < 1.29 is 4.79 Å². The Morgan fingerprint density at radius 2 is 1.87 bits per heavy atom. The number of fused-ring (bicyclic) bond motifs is 2. The maximum atomic E-state index is 10.8. The zero-order chi connectivity index (χ0) is 10.8. The number of carbonyl (C=O) groups is 1. The van der Waals surface area contributed by atoms with Gasteiger partial charge in [-0.25, -0.2) is 0 Å². The van der Waals surface area contributed by atoms with Crippen LogP contribution in [0, 0.1) is 23.7 Å². The van der Waals surface area contributed by atoms with Crippen LogP contribution in [0.25, 0.3) is 0 Å². The lowest BCUT2D eigenvalue weighted by molar-refractivity contribution is -0.118. The topological polar surface area (TPSA) is 43.1 Å². The molecule has 2 aliphatic rings. The van der Waals surface area contributed by atoms with Gasteiger partial charge in [0.05, 0.1) is 0 Å². The summed E-state index contributed by atoms with van der Waals surface area (Å²) in [6.45, 7) is 2.25. The molecule has 2 aliphatic carbocycles.